The van der Waals surface area contributed by atoms with Crippen molar-refractivity contribution in [3.05, 3.63) is 35.9 Å². The van der Waals surface area contributed by atoms with Crippen LogP contribution in [-0.4, -0.2) is 36.7 Å². The van der Waals surface area contributed by atoms with Crippen LogP contribution in [0.5, 0.6) is 0 Å². The molecule has 0 saturated heterocycles. The highest BCUT2D eigenvalue weighted by atomic mass is 16.5. The smallest absolute Gasteiger partial charge is 0.323 e. The summed E-state index contributed by atoms with van der Waals surface area (Å²) in [6, 6.07) is 8.80. The van der Waals surface area contributed by atoms with Gasteiger partial charge in [0.05, 0.1) is 12.7 Å². The molecule has 0 amide bonds. The summed E-state index contributed by atoms with van der Waals surface area (Å²) in [4.78, 5) is 24.0. The second-order valence-corrected chi connectivity index (χ2v) is 5.70. The molecule has 5 nitrogen and oxygen atoms in total. The molecule has 0 heterocycles. The van der Waals surface area contributed by atoms with Gasteiger partial charge in [-0.25, -0.2) is 0 Å². The fourth-order valence-corrected chi connectivity index (χ4v) is 2.17. The Morgan fingerprint density at radius 2 is 1.74 bits per heavy atom. The molecule has 0 aliphatic carbocycles. The van der Waals surface area contributed by atoms with E-state index in [1.54, 1.807) is 27.7 Å². The number of nitrogens with one attached hydrogen (secondary N) is 1. The minimum atomic E-state index is -0.567. The van der Waals surface area contributed by atoms with Crippen molar-refractivity contribution in [3.8, 4) is 0 Å². The summed E-state index contributed by atoms with van der Waals surface area (Å²) in [6.07, 6.45) is 1.10. The van der Waals surface area contributed by atoms with Gasteiger partial charge in [0.2, 0.25) is 0 Å². The fraction of sp³-hybridized carbons (Fsp3) is 0.556. The van der Waals surface area contributed by atoms with E-state index < -0.39 is 12.1 Å². The van der Waals surface area contributed by atoms with E-state index in [4.69, 9.17) is 9.47 Å². The number of aryl methyl sites for hydroxylation is 1. The van der Waals surface area contributed by atoms with Gasteiger partial charge in [-0.3, -0.25) is 14.9 Å². The van der Waals surface area contributed by atoms with Crippen molar-refractivity contribution in [3.63, 3.8) is 0 Å². The van der Waals surface area contributed by atoms with E-state index in [2.05, 4.69) is 5.32 Å². The molecule has 1 N–H and O–H groups in total. The lowest BCUT2D eigenvalue weighted by Crippen LogP contribution is -2.47. The number of esters is 2. The van der Waals surface area contributed by atoms with Crippen LogP contribution >= 0.6 is 0 Å². The maximum absolute atomic E-state index is 12.1. The molecular formula is C18H27NO4. The van der Waals surface area contributed by atoms with Crippen LogP contribution < -0.4 is 5.32 Å². The van der Waals surface area contributed by atoms with Crippen molar-refractivity contribution >= 4 is 11.9 Å². The van der Waals surface area contributed by atoms with Gasteiger partial charge >= 0.3 is 11.9 Å². The Balaban J connectivity index is 2.64. The summed E-state index contributed by atoms with van der Waals surface area (Å²) in [5.74, 6) is -0.707. The predicted molar refractivity (Wildman–Crippen MR) is 89.0 cm³/mol. The quantitative estimate of drug-likeness (QED) is 0.708. The van der Waals surface area contributed by atoms with E-state index in [0.717, 1.165) is 12.0 Å². The van der Waals surface area contributed by atoms with Crippen molar-refractivity contribution < 1.29 is 19.1 Å². The summed E-state index contributed by atoms with van der Waals surface area (Å²) < 4.78 is 10.3. The topological polar surface area (TPSA) is 64.6 Å². The first-order chi connectivity index (χ1) is 10.9. The molecule has 1 aromatic rings. The van der Waals surface area contributed by atoms with Gasteiger partial charge in [0.1, 0.15) is 12.1 Å². The first-order valence-electron chi connectivity index (χ1n) is 8.11. The molecule has 0 aliphatic heterocycles. The molecule has 0 aromatic heterocycles. The van der Waals surface area contributed by atoms with Gasteiger partial charge < -0.3 is 9.47 Å². The van der Waals surface area contributed by atoms with E-state index in [1.165, 1.54) is 0 Å². The predicted octanol–water partition coefficient (Wildman–Crippen LogP) is 2.48. The molecule has 23 heavy (non-hydrogen) atoms. The van der Waals surface area contributed by atoms with Crippen LogP contribution in [0.2, 0.25) is 0 Å². The highest BCUT2D eigenvalue weighted by Crippen LogP contribution is 2.08. The van der Waals surface area contributed by atoms with Gasteiger partial charge in [-0.2, -0.15) is 0 Å². The normalized spacial score (nSPS) is 13.4. The zero-order valence-electron chi connectivity index (χ0n) is 14.4. The number of carbonyl (C=O) groups is 2. The third-order valence-corrected chi connectivity index (χ3v) is 3.29. The first kappa shape index (κ1) is 19.2. The van der Waals surface area contributed by atoms with Crippen LogP contribution in [0, 0.1) is 0 Å². The van der Waals surface area contributed by atoms with Gasteiger partial charge in [0.25, 0.3) is 0 Å². The van der Waals surface area contributed by atoms with Crippen molar-refractivity contribution in [2.24, 2.45) is 0 Å². The average Bonchev–Trinajstić information content (AvgIpc) is 2.51. The molecule has 128 valence electrons. The highest BCUT2D eigenvalue weighted by Gasteiger charge is 2.25. The molecular weight excluding hydrogens is 294 g/mol. The minimum absolute atomic E-state index is 0.183. The van der Waals surface area contributed by atoms with Crippen LogP contribution in [0.3, 0.4) is 0 Å². The van der Waals surface area contributed by atoms with Crippen LogP contribution in [0.1, 0.15) is 39.7 Å². The van der Waals surface area contributed by atoms with Crippen LogP contribution in [0.25, 0.3) is 0 Å². The lowest BCUT2D eigenvalue weighted by molar-refractivity contribution is -0.151. The standard InChI is InChI=1S/C18H27NO4/c1-5-22-18(21)16(12-11-15-9-7-6-8-10-15)19-14(4)17(20)23-13(2)3/h6-10,13-14,16,19H,5,11-12H2,1-4H3/t14-,16-/m0/s1. The van der Waals surface area contributed by atoms with Crippen molar-refractivity contribution in [2.45, 2.75) is 58.7 Å². The molecule has 2 atom stereocenters. The maximum Gasteiger partial charge on any atom is 0.323 e. The Hall–Kier alpha value is -1.88. The van der Waals surface area contributed by atoms with Gasteiger partial charge in [-0.15, -0.1) is 0 Å². The summed E-state index contributed by atoms with van der Waals surface area (Å²) >= 11 is 0. The minimum Gasteiger partial charge on any atom is -0.465 e. The number of hydrogen-bond donors (Lipinski definition) is 1. The number of hydrogen-bond acceptors (Lipinski definition) is 5. The van der Waals surface area contributed by atoms with E-state index in [9.17, 15) is 9.59 Å². The zero-order chi connectivity index (χ0) is 17.2. The van der Waals surface area contributed by atoms with Crippen LogP contribution in [0.15, 0.2) is 30.3 Å². The zero-order valence-corrected chi connectivity index (χ0v) is 14.4. The third kappa shape index (κ3) is 7.28. The molecule has 0 spiro atoms. The van der Waals surface area contributed by atoms with Gasteiger partial charge in [0.15, 0.2) is 0 Å². The SMILES string of the molecule is CCOC(=O)[C@H](CCc1ccccc1)N[C@@H](C)C(=O)OC(C)C. The van der Waals surface area contributed by atoms with E-state index in [1.807, 2.05) is 30.3 Å². The van der Waals surface area contributed by atoms with Gasteiger partial charge in [-0.05, 0) is 46.1 Å². The van der Waals surface area contributed by atoms with Crippen LogP contribution in [-0.2, 0) is 25.5 Å². The molecule has 5 heteroatoms. The Morgan fingerprint density at radius 1 is 1.09 bits per heavy atom. The van der Waals surface area contributed by atoms with Gasteiger partial charge in [0, 0.05) is 0 Å². The van der Waals surface area contributed by atoms with Crippen LogP contribution in [0.4, 0.5) is 0 Å². The van der Waals surface area contributed by atoms with Crippen molar-refractivity contribution in [1.29, 1.82) is 0 Å². The molecule has 0 aliphatic rings. The third-order valence-electron chi connectivity index (χ3n) is 3.29. The Labute approximate surface area is 138 Å². The molecule has 1 rings (SSSR count). The number of ether oxygens (including phenoxy) is 2. The molecule has 0 unspecified atom stereocenters. The Morgan fingerprint density at radius 3 is 2.30 bits per heavy atom. The lowest BCUT2D eigenvalue weighted by Gasteiger charge is -2.22. The molecule has 0 fully saturated rings. The Kier molecular flexibility index (Phi) is 8.33. The summed E-state index contributed by atoms with van der Waals surface area (Å²) in [5.41, 5.74) is 1.14. The monoisotopic (exact) mass is 321 g/mol. The second kappa shape index (κ2) is 10.0. The number of benzene rings is 1. The Bertz CT molecular complexity index is 487. The first-order valence-corrected chi connectivity index (χ1v) is 8.11. The van der Waals surface area contributed by atoms with Crippen molar-refractivity contribution in [2.75, 3.05) is 6.61 Å². The summed E-state index contributed by atoms with van der Waals surface area (Å²) in [7, 11) is 0. The maximum atomic E-state index is 12.1. The van der Waals surface area contributed by atoms with E-state index in [0.29, 0.717) is 13.0 Å². The van der Waals surface area contributed by atoms with Gasteiger partial charge in [-0.1, -0.05) is 30.3 Å². The van der Waals surface area contributed by atoms with Crippen molar-refractivity contribution in [1.82, 2.24) is 5.32 Å². The molecule has 0 saturated carbocycles. The largest absolute Gasteiger partial charge is 0.465 e. The summed E-state index contributed by atoms with van der Waals surface area (Å²) in [5, 5.41) is 3.03. The highest BCUT2D eigenvalue weighted by molar-refractivity contribution is 5.79. The molecule has 1 aromatic carbocycles. The number of rotatable bonds is 9. The fourth-order valence-electron chi connectivity index (χ4n) is 2.17. The summed E-state index contributed by atoms with van der Waals surface area (Å²) in [6.45, 7) is 7.36. The average molecular weight is 321 g/mol. The molecule has 0 radical (unpaired) electrons. The van der Waals surface area contributed by atoms with E-state index >= 15 is 0 Å². The lowest BCUT2D eigenvalue weighted by atomic mass is 10.0. The molecule has 0 bridgehead atoms. The van der Waals surface area contributed by atoms with E-state index in [-0.39, 0.29) is 18.0 Å². The number of carbonyl (C=O) groups excluding carboxylic acids is 2. The second-order valence-electron chi connectivity index (χ2n) is 5.70.